The van der Waals surface area contributed by atoms with E-state index in [1.54, 1.807) is 0 Å². The first-order chi connectivity index (χ1) is 9.03. The summed E-state index contributed by atoms with van der Waals surface area (Å²) in [4.78, 5) is 2.57. The predicted molar refractivity (Wildman–Crippen MR) is 78.2 cm³/mol. The smallest absolute Gasteiger partial charge is 0.0707 e. The van der Waals surface area contributed by atoms with Crippen molar-refractivity contribution in [3.05, 3.63) is 29.8 Å². The van der Waals surface area contributed by atoms with Crippen molar-refractivity contribution in [1.29, 1.82) is 0 Å². The molecule has 3 heteroatoms. The lowest BCUT2D eigenvalue weighted by Gasteiger charge is -2.38. The molecular weight excluding hydrogens is 236 g/mol. The van der Waals surface area contributed by atoms with Crippen molar-refractivity contribution in [3.63, 3.8) is 0 Å². The van der Waals surface area contributed by atoms with Gasteiger partial charge in [-0.1, -0.05) is 26.0 Å². The van der Waals surface area contributed by atoms with Gasteiger partial charge in [-0.15, -0.1) is 0 Å². The number of hydrogen-bond donors (Lipinski definition) is 1. The van der Waals surface area contributed by atoms with E-state index in [0.717, 1.165) is 25.3 Å². The van der Waals surface area contributed by atoms with Gasteiger partial charge in [0.15, 0.2) is 0 Å². The van der Waals surface area contributed by atoms with Crippen molar-refractivity contribution in [1.82, 2.24) is 4.90 Å². The fraction of sp³-hybridized carbons (Fsp3) is 0.625. The third kappa shape index (κ3) is 2.77. The average molecular weight is 260 g/mol. The molecule has 0 aliphatic carbocycles. The van der Waals surface area contributed by atoms with Gasteiger partial charge in [-0.25, -0.2) is 0 Å². The quantitative estimate of drug-likeness (QED) is 0.848. The third-order valence-corrected chi connectivity index (χ3v) is 4.43. The van der Waals surface area contributed by atoms with Crippen LogP contribution in [0.3, 0.4) is 0 Å². The highest BCUT2D eigenvalue weighted by Gasteiger charge is 2.36. The van der Waals surface area contributed by atoms with Crippen molar-refractivity contribution in [2.24, 2.45) is 0 Å². The van der Waals surface area contributed by atoms with Crippen molar-refractivity contribution < 1.29 is 4.74 Å². The summed E-state index contributed by atoms with van der Waals surface area (Å²) in [5, 5.41) is 0. The number of hydrogen-bond acceptors (Lipinski definition) is 3. The van der Waals surface area contributed by atoms with Crippen LogP contribution in [0.25, 0.3) is 0 Å². The molecule has 2 atom stereocenters. The number of anilines is 1. The Balaban J connectivity index is 1.69. The number of rotatable bonds is 3. The minimum absolute atomic E-state index is 0.157. The maximum atomic E-state index is 5.91. The van der Waals surface area contributed by atoms with Gasteiger partial charge in [0.25, 0.3) is 0 Å². The standard InChI is InChI=1S/C16H24N2O/c1-16(2,12-3-5-13(17)6-4-12)11-18-9-14-7-8-15(10-18)19-14/h3-6,14-15H,7-11,17H2,1-2H3. The van der Waals surface area contributed by atoms with E-state index in [-0.39, 0.29) is 5.41 Å². The second-order valence-electron chi connectivity index (χ2n) is 6.66. The molecule has 0 saturated carbocycles. The summed E-state index contributed by atoms with van der Waals surface area (Å²) in [6, 6.07) is 8.31. The molecule has 19 heavy (non-hydrogen) atoms. The summed E-state index contributed by atoms with van der Waals surface area (Å²) >= 11 is 0. The summed E-state index contributed by atoms with van der Waals surface area (Å²) in [5.41, 5.74) is 8.13. The molecule has 0 radical (unpaired) electrons. The molecule has 0 spiro atoms. The Hall–Kier alpha value is -1.06. The van der Waals surface area contributed by atoms with E-state index in [9.17, 15) is 0 Å². The Bertz CT molecular complexity index is 429. The van der Waals surface area contributed by atoms with E-state index in [1.807, 2.05) is 12.1 Å². The van der Waals surface area contributed by atoms with Crippen LogP contribution in [-0.4, -0.2) is 36.7 Å². The second-order valence-corrected chi connectivity index (χ2v) is 6.66. The molecule has 2 heterocycles. The van der Waals surface area contributed by atoms with Gasteiger partial charge in [-0.3, -0.25) is 4.90 Å². The molecule has 2 aliphatic heterocycles. The second kappa shape index (κ2) is 4.80. The number of nitrogens with zero attached hydrogens (tertiary/aromatic N) is 1. The molecule has 3 rings (SSSR count). The number of morpholine rings is 1. The summed E-state index contributed by atoms with van der Waals surface area (Å²) in [6.07, 6.45) is 3.43. The molecule has 2 fully saturated rings. The largest absolute Gasteiger partial charge is 0.399 e. The Labute approximate surface area is 115 Å². The number of nitrogen functional groups attached to an aromatic ring is 1. The topological polar surface area (TPSA) is 38.5 Å². The fourth-order valence-electron chi connectivity index (χ4n) is 3.41. The molecule has 1 aromatic carbocycles. The van der Waals surface area contributed by atoms with Gasteiger partial charge in [0.2, 0.25) is 0 Å². The maximum Gasteiger partial charge on any atom is 0.0707 e. The summed E-state index contributed by atoms with van der Waals surface area (Å²) in [7, 11) is 0. The molecule has 2 unspecified atom stereocenters. The zero-order chi connectivity index (χ0) is 13.5. The molecule has 2 N–H and O–H groups in total. The van der Waals surface area contributed by atoms with Crippen molar-refractivity contribution in [2.75, 3.05) is 25.4 Å². The lowest BCUT2D eigenvalue weighted by Crippen LogP contribution is -2.47. The zero-order valence-electron chi connectivity index (χ0n) is 11.9. The monoisotopic (exact) mass is 260 g/mol. The lowest BCUT2D eigenvalue weighted by atomic mass is 9.84. The van der Waals surface area contributed by atoms with E-state index in [2.05, 4.69) is 30.9 Å². The van der Waals surface area contributed by atoms with Gasteiger partial charge >= 0.3 is 0 Å². The maximum absolute atomic E-state index is 5.91. The van der Waals surface area contributed by atoms with Crippen LogP contribution in [0.1, 0.15) is 32.3 Å². The first-order valence-corrected chi connectivity index (χ1v) is 7.27. The van der Waals surface area contributed by atoms with Gasteiger partial charge in [0.1, 0.15) is 0 Å². The molecule has 3 nitrogen and oxygen atoms in total. The number of ether oxygens (including phenoxy) is 1. The first kappa shape index (κ1) is 12.9. The van der Waals surface area contributed by atoms with E-state index in [1.165, 1.54) is 18.4 Å². The highest BCUT2D eigenvalue weighted by Crippen LogP contribution is 2.30. The Morgan fingerprint density at radius 1 is 1.16 bits per heavy atom. The number of nitrogens with two attached hydrogens (primary N) is 1. The molecule has 104 valence electrons. The van der Waals surface area contributed by atoms with Crippen LogP contribution in [-0.2, 0) is 10.2 Å². The summed E-state index contributed by atoms with van der Waals surface area (Å²) in [6.45, 7) is 7.91. The van der Waals surface area contributed by atoms with Crippen LogP contribution in [0.2, 0.25) is 0 Å². The van der Waals surface area contributed by atoms with Crippen LogP contribution in [0, 0.1) is 0 Å². The van der Waals surface area contributed by atoms with Crippen LogP contribution >= 0.6 is 0 Å². The third-order valence-electron chi connectivity index (χ3n) is 4.43. The molecular formula is C16H24N2O. The van der Waals surface area contributed by atoms with Gasteiger partial charge < -0.3 is 10.5 Å². The average Bonchev–Trinajstić information content (AvgIpc) is 2.69. The Kier molecular flexibility index (Phi) is 3.27. The molecule has 2 bridgehead atoms. The molecule has 1 aromatic rings. The Morgan fingerprint density at radius 3 is 2.32 bits per heavy atom. The van der Waals surface area contributed by atoms with Gasteiger partial charge in [-0.2, -0.15) is 0 Å². The van der Waals surface area contributed by atoms with Crippen LogP contribution in [0.15, 0.2) is 24.3 Å². The first-order valence-electron chi connectivity index (χ1n) is 7.27. The number of fused-ring (bicyclic) bond motifs is 2. The van der Waals surface area contributed by atoms with Gasteiger partial charge in [0.05, 0.1) is 12.2 Å². The van der Waals surface area contributed by atoms with Crippen molar-refractivity contribution >= 4 is 5.69 Å². The van der Waals surface area contributed by atoms with E-state index < -0.39 is 0 Å². The van der Waals surface area contributed by atoms with Crippen molar-refractivity contribution in [3.8, 4) is 0 Å². The molecule has 2 aliphatic rings. The van der Waals surface area contributed by atoms with Crippen molar-refractivity contribution in [2.45, 2.75) is 44.3 Å². The summed E-state index contributed by atoms with van der Waals surface area (Å²) in [5.74, 6) is 0. The van der Waals surface area contributed by atoms with Gasteiger partial charge in [-0.05, 0) is 30.5 Å². The fourth-order valence-corrected chi connectivity index (χ4v) is 3.41. The Morgan fingerprint density at radius 2 is 1.74 bits per heavy atom. The predicted octanol–water partition coefficient (Wildman–Crippen LogP) is 2.41. The molecule has 0 amide bonds. The normalized spacial score (nSPS) is 27.7. The lowest BCUT2D eigenvalue weighted by molar-refractivity contribution is -0.0431. The van der Waals surface area contributed by atoms with E-state index in [0.29, 0.717) is 12.2 Å². The molecule has 0 aromatic heterocycles. The number of benzene rings is 1. The van der Waals surface area contributed by atoms with Crippen LogP contribution in [0.5, 0.6) is 0 Å². The minimum Gasteiger partial charge on any atom is -0.399 e. The minimum atomic E-state index is 0.157. The van der Waals surface area contributed by atoms with Crippen LogP contribution in [0.4, 0.5) is 5.69 Å². The van der Waals surface area contributed by atoms with E-state index >= 15 is 0 Å². The SMILES string of the molecule is CC(C)(CN1CC2CCC(C1)O2)c1ccc(N)cc1. The van der Waals surface area contributed by atoms with E-state index in [4.69, 9.17) is 10.5 Å². The number of likely N-dealkylation sites (tertiary alicyclic amines) is 1. The van der Waals surface area contributed by atoms with Gasteiger partial charge in [0, 0.05) is 30.7 Å². The zero-order valence-corrected chi connectivity index (χ0v) is 11.9. The van der Waals surface area contributed by atoms with Crippen LogP contribution < -0.4 is 5.73 Å². The summed E-state index contributed by atoms with van der Waals surface area (Å²) < 4.78 is 5.91. The highest BCUT2D eigenvalue weighted by atomic mass is 16.5. The molecule has 2 saturated heterocycles. The highest BCUT2D eigenvalue weighted by molar-refractivity contribution is 5.41.